The number of hydrogen-bond acceptors (Lipinski definition) is 4. The van der Waals surface area contributed by atoms with E-state index in [-0.39, 0.29) is 0 Å². The molecule has 3 unspecified atom stereocenters. The molecule has 0 bridgehead atoms. The van der Waals surface area contributed by atoms with Crippen molar-refractivity contribution in [3.63, 3.8) is 0 Å². The van der Waals surface area contributed by atoms with Crippen LogP contribution in [0.5, 0.6) is 0 Å². The van der Waals surface area contributed by atoms with Crippen LogP contribution in [-0.4, -0.2) is 72.7 Å². The Labute approximate surface area is 122 Å². The van der Waals surface area contributed by atoms with E-state index in [2.05, 4.69) is 29.2 Å². The fraction of sp³-hybridized carbons (Fsp3) is 0.933. The van der Waals surface area contributed by atoms with Gasteiger partial charge in [-0.3, -0.25) is 4.79 Å². The minimum atomic E-state index is -0.694. The van der Waals surface area contributed by atoms with Gasteiger partial charge in [0.25, 0.3) is 0 Å². The molecule has 1 saturated carbocycles. The van der Waals surface area contributed by atoms with E-state index in [1.807, 2.05) is 6.92 Å². The van der Waals surface area contributed by atoms with Crippen LogP contribution in [0.2, 0.25) is 0 Å². The predicted octanol–water partition coefficient (Wildman–Crippen LogP) is 0.855. The average molecular weight is 283 g/mol. The third kappa shape index (κ3) is 3.32. The molecule has 1 heterocycles. The van der Waals surface area contributed by atoms with E-state index < -0.39 is 11.5 Å². The smallest absolute Gasteiger partial charge is 0.323 e. The minimum Gasteiger partial charge on any atom is -0.480 e. The van der Waals surface area contributed by atoms with E-state index in [1.165, 1.54) is 19.5 Å². The lowest BCUT2D eigenvalue weighted by atomic mass is 9.97. The molecule has 20 heavy (non-hydrogen) atoms. The maximum absolute atomic E-state index is 11.6. The summed E-state index contributed by atoms with van der Waals surface area (Å²) in [5.41, 5.74) is -0.694. The molecule has 0 spiro atoms. The van der Waals surface area contributed by atoms with Gasteiger partial charge in [0, 0.05) is 19.1 Å². The summed E-state index contributed by atoms with van der Waals surface area (Å²) in [7, 11) is 4.34. The summed E-state index contributed by atoms with van der Waals surface area (Å²) in [6, 6.07) is 0.399. The fourth-order valence-corrected chi connectivity index (χ4v) is 3.90. The highest BCUT2D eigenvalue weighted by molar-refractivity contribution is 5.79. The van der Waals surface area contributed by atoms with Crippen molar-refractivity contribution >= 4 is 5.97 Å². The van der Waals surface area contributed by atoms with Gasteiger partial charge in [-0.25, -0.2) is 0 Å². The highest BCUT2D eigenvalue weighted by Gasteiger charge is 2.46. The maximum Gasteiger partial charge on any atom is 0.323 e. The van der Waals surface area contributed by atoms with Gasteiger partial charge in [-0.15, -0.1) is 0 Å². The van der Waals surface area contributed by atoms with Crippen molar-refractivity contribution < 1.29 is 9.90 Å². The highest BCUT2D eigenvalue weighted by Crippen LogP contribution is 2.33. The summed E-state index contributed by atoms with van der Waals surface area (Å²) in [5, 5.41) is 12.7. The summed E-state index contributed by atoms with van der Waals surface area (Å²) in [6.45, 7) is 6.16. The molecule has 5 nitrogen and oxygen atoms in total. The normalized spacial score (nSPS) is 35.0. The van der Waals surface area contributed by atoms with Gasteiger partial charge in [0.15, 0.2) is 0 Å². The average Bonchev–Trinajstić information content (AvgIpc) is 2.98. The second-order valence-corrected chi connectivity index (χ2v) is 6.67. The van der Waals surface area contributed by atoms with Crippen LogP contribution in [-0.2, 0) is 4.79 Å². The molecule has 2 fully saturated rings. The number of carboxylic acid groups (broad SMARTS) is 1. The number of carboxylic acids is 1. The molecular formula is C15H29N3O2. The maximum atomic E-state index is 11.6. The Morgan fingerprint density at radius 3 is 2.80 bits per heavy atom. The number of rotatable bonds is 6. The predicted molar refractivity (Wildman–Crippen MR) is 79.9 cm³/mol. The molecule has 5 heteroatoms. The van der Waals surface area contributed by atoms with E-state index in [0.29, 0.717) is 6.04 Å². The molecule has 116 valence electrons. The van der Waals surface area contributed by atoms with Crippen molar-refractivity contribution in [2.75, 3.05) is 40.3 Å². The number of nitrogens with zero attached hydrogens (tertiary/aromatic N) is 2. The summed E-state index contributed by atoms with van der Waals surface area (Å²) >= 11 is 0. The summed E-state index contributed by atoms with van der Waals surface area (Å²) in [5.74, 6) is 0.0554. The number of likely N-dealkylation sites (N-methyl/N-ethyl adjacent to an activating group) is 1. The van der Waals surface area contributed by atoms with Crippen LogP contribution >= 0.6 is 0 Å². The molecule has 1 aliphatic carbocycles. The number of carbonyl (C=O) groups is 1. The van der Waals surface area contributed by atoms with Crippen molar-refractivity contribution in [2.24, 2.45) is 5.92 Å². The first-order valence-electron chi connectivity index (χ1n) is 7.84. The molecule has 2 aliphatic rings. The molecule has 2 rings (SSSR count). The van der Waals surface area contributed by atoms with Gasteiger partial charge in [-0.1, -0.05) is 6.92 Å². The van der Waals surface area contributed by atoms with Crippen LogP contribution in [0.4, 0.5) is 0 Å². The van der Waals surface area contributed by atoms with Crippen LogP contribution in [0, 0.1) is 5.92 Å². The van der Waals surface area contributed by atoms with Crippen molar-refractivity contribution in [3.05, 3.63) is 0 Å². The zero-order valence-corrected chi connectivity index (χ0v) is 13.1. The van der Waals surface area contributed by atoms with Gasteiger partial charge in [0.2, 0.25) is 0 Å². The van der Waals surface area contributed by atoms with E-state index in [0.717, 1.165) is 38.3 Å². The second-order valence-electron chi connectivity index (χ2n) is 6.67. The Morgan fingerprint density at radius 2 is 2.25 bits per heavy atom. The van der Waals surface area contributed by atoms with Crippen LogP contribution < -0.4 is 5.32 Å². The Bertz CT molecular complexity index is 350. The minimum absolute atomic E-state index is 0.399. The number of likely N-dealkylation sites (tertiary alicyclic amines) is 1. The lowest BCUT2D eigenvalue weighted by molar-refractivity contribution is -0.144. The Balaban J connectivity index is 1.89. The van der Waals surface area contributed by atoms with Crippen LogP contribution in [0.15, 0.2) is 0 Å². The van der Waals surface area contributed by atoms with Gasteiger partial charge >= 0.3 is 5.97 Å². The van der Waals surface area contributed by atoms with Crippen molar-refractivity contribution in [3.8, 4) is 0 Å². The fourth-order valence-electron chi connectivity index (χ4n) is 3.90. The monoisotopic (exact) mass is 283 g/mol. The van der Waals surface area contributed by atoms with E-state index in [1.54, 1.807) is 0 Å². The largest absolute Gasteiger partial charge is 0.480 e. The first-order chi connectivity index (χ1) is 9.47. The lowest BCUT2D eigenvalue weighted by Crippen LogP contribution is -2.51. The van der Waals surface area contributed by atoms with Gasteiger partial charge < -0.3 is 20.2 Å². The standard InChI is InChI=1S/C15H29N3O2/c1-4-16-15(14(19)20)7-5-13(9-15)18(3)11-12-6-8-17(2)10-12/h12-13,16H,4-11H2,1-3H3,(H,19,20). The molecule has 0 radical (unpaired) electrons. The first-order valence-corrected chi connectivity index (χ1v) is 7.84. The van der Waals surface area contributed by atoms with Crippen molar-refractivity contribution in [1.29, 1.82) is 0 Å². The molecule has 1 saturated heterocycles. The van der Waals surface area contributed by atoms with Crippen LogP contribution in [0.3, 0.4) is 0 Å². The van der Waals surface area contributed by atoms with Crippen molar-refractivity contribution in [2.45, 2.75) is 44.2 Å². The van der Waals surface area contributed by atoms with E-state index >= 15 is 0 Å². The Hall–Kier alpha value is -0.650. The van der Waals surface area contributed by atoms with Gasteiger partial charge in [0.05, 0.1) is 0 Å². The Kier molecular flexibility index (Phi) is 5.04. The molecule has 2 N–H and O–H groups in total. The lowest BCUT2D eigenvalue weighted by Gasteiger charge is -2.30. The summed E-state index contributed by atoms with van der Waals surface area (Å²) in [6.07, 6.45) is 3.73. The van der Waals surface area contributed by atoms with Gasteiger partial charge in [0.1, 0.15) is 5.54 Å². The third-order valence-corrected chi connectivity index (χ3v) is 5.07. The van der Waals surface area contributed by atoms with Crippen molar-refractivity contribution in [1.82, 2.24) is 15.1 Å². The number of hydrogen-bond donors (Lipinski definition) is 2. The van der Waals surface area contributed by atoms with Gasteiger partial charge in [-0.2, -0.15) is 0 Å². The SMILES string of the molecule is CCNC1(C(=O)O)CCC(N(C)CC2CCN(C)C2)C1. The zero-order chi connectivity index (χ0) is 14.8. The topological polar surface area (TPSA) is 55.8 Å². The molecular weight excluding hydrogens is 254 g/mol. The molecule has 0 aromatic rings. The number of aliphatic carboxylic acids is 1. The second kappa shape index (κ2) is 6.41. The third-order valence-electron chi connectivity index (χ3n) is 5.07. The zero-order valence-electron chi connectivity index (χ0n) is 13.1. The highest BCUT2D eigenvalue weighted by atomic mass is 16.4. The van der Waals surface area contributed by atoms with Crippen LogP contribution in [0.1, 0.15) is 32.6 Å². The first kappa shape index (κ1) is 15.7. The molecule has 1 aliphatic heterocycles. The Morgan fingerprint density at radius 1 is 1.50 bits per heavy atom. The van der Waals surface area contributed by atoms with Gasteiger partial charge in [-0.05, 0) is 58.8 Å². The molecule has 3 atom stereocenters. The quantitative estimate of drug-likeness (QED) is 0.757. The molecule has 0 amide bonds. The number of nitrogens with one attached hydrogen (secondary N) is 1. The van der Waals surface area contributed by atoms with E-state index in [4.69, 9.17) is 0 Å². The molecule has 0 aromatic heterocycles. The molecule has 0 aromatic carbocycles. The van der Waals surface area contributed by atoms with Crippen LogP contribution in [0.25, 0.3) is 0 Å². The van der Waals surface area contributed by atoms with E-state index in [9.17, 15) is 9.90 Å². The summed E-state index contributed by atoms with van der Waals surface area (Å²) < 4.78 is 0. The summed E-state index contributed by atoms with van der Waals surface area (Å²) in [4.78, 5) is 16.4.